The molecule has 0 aliphatic heterocycles. The van der Waals surface area contributed by atoms with Crippen LogP contribution in [0.3, 0.4) is 0 Å². The molecule has 33 heavy (non-hydrogen) atoms. The molecule has 2 amide bonds. The highest BCUT2D eigenvalue weighted by Crippen LogP contribution is 2.27. The van der Waals surface area contributed by atoms with Crippen LogP contribution < -0.4 is 20.1 Å². The van der Waals surface area contributed by atoms with E-state index >= 15 is 0 Å². The van der Waals surface area contributed by atoms with Gasteiger partial charge in [-0.05, 0) is 54.4 Å². The summed E-state index contributed by atoms with van der Waals surface area (Å²) < 4.78 is 23.7. The number of thioether (sulfide) groups is 1. The van der Waals surface area contributed by atoms with Crippen molar-refractivity contribution < 1.29 is 23.5 Å². The van der Waals surface area contributed by atoms with Gasteiger partial charge in [0.2, 0.25) is 5.91 Å². The zero-order valence-corrected chi connectivity index (χ0v) is 18.9. The molecule has 0 aliphatic carbocycles. The van der Waals surface area contributed by atoms with Crippen LogP contribution in [0.15, 0.2) is 59.6 Å². The maximum absolute atomic E-state index is 13.2. The van der Waals surface area contributed by atoms with E-state index in [0.717, 1.165) is 11.6 Å². The van der Waals surface area contributed by atoms with Gasteiger partial charge in [0.05, 0.1) is 20.0 Å². The molecule has 2 aromatic carbocycles. The van der Waals surface area contributed by atoms with Gasteiger partial charge in [-0.15, -0.1) is 10.2 Å². The van der Waals surface area contributed by atoms with Crippen LogP contribution in [0, 0.1) is 5.82 Å². The number of amides is 2. The minimum absolute atomic E-state index is 0.134. The molecule has 0 bridgehead atoms. The highest BCUT2D eigenvalue weighted by atomic mass is 32.2. The number of methoxy groups -OCH3 is 2. The quantitative estimate of drug-likeness (QED) is 0.438. The Balaban J connectivity index is 1.41. The van der Waals surface area contributed by atoms with Crippen LogP contribution in [-0.4, -0.2) is 48.5 Å². The molecule has 0 fully saturated rings. The first-order valence-electron chi connectivity index (χ1n) is 9.99. The maximum Gasteiger partial charge on any atom is 0.256 e. The molecule has 0 unspecified atom stereocenters. The average molecular weight is 471 g/mol. The van der Waals surface area contributed by atoms with Crippen LogP contribution in [0.1, 0.15) is 15.9 Å². The van der Waals surface area contributed by atoms with E-state index in [4.69, 9.17) is 9.47 Å². The lowest BCUT2D eigenvalue weighted by Crippen LogP contribution is -2.27. The van der Waals surface area contributed by atoms with E-state index in [0.29, 0.717) is 29.5 Å². The smallest absolute Gasteiger partial charge is 0.256 e. The number of hydrogen-bond acceptors (Lipinski definition) is 7. The molecule has 1 aromatic heterocycles. The number of rotatable bonds is 10. The molecular formula is C23H23FN4O4S. The first kappa shape index (κ1) is 24.0. The number of ether oxygens (including phenoxy) is 2. The van der Waals surface area contributed by atoms with Crippen molar-refractivity contribution in [3.05, 3.63) is 71.5 Å². The third-order valence-corrected chi connectivity index (χ3v) is 5.42. The normalized spacial score (nSPS) is 10.4. The molecular weight excluding hydrogens is 447 g/mol. The van der Waals surface area contributed by atoms with Crippen molar-refractivity contribution in [1.29, 1.82) is 0 Å². The molecule has 8 nitrogen and oxygen atoms in total. The highest BCUT2D eigenvalue weighted by Gasteiger charge is 2.10. The molecule has 2 N–H and O–H groups in total. The predicted octanol–water partition coefficient (Wildman–Crippen LogP) is 3.34. The van der Waals surface area contributed by atoms with Crippen LogP contribution in [0.5, 0.6) is 11.5 Å². The number of aromatic nitrogens is 2. The van der Waals surface area contributed by atoms with Crippen molar-refractivity contribution in [2.75, 3.05) is 31.8 Å². The number of carbonyl (C=O) groups is 2. The van der Waals surface area contributed by atoms with Crippen LogP contribution in [-0.2, 0) is 11.2 Å². The van der Waals surface area contributed by atoms with Crippen molar-refractivity contribution in [2.24, 2.45) is 0 Å². The minimum Gasteiger partial charge on any atom is -0.493 e. The molecule has 3 aromatic rings. The number of hydrogen-bond donors (Lipinski definition) is 2. The van der Waals surface area contributed by atoms with Gasteiger partial charge in [0.25, 0.3) is 5.91 Å². The third-order valence-electron chi connectivity index (χ3n) is 4.50. The van der Waals surface area contributed by atoms with Crippen molar-refractivity contribution >= 4 is 29.4 Å². The van der Waals surface area contributed by atoms with Gasteiger partial charge >= 0.3 is 0 Å². The van der Waals surface area contributed by atoms with Gasteiger partial charge in [0, 0.05) is 12.1 Å². The lowest BCUT2D eigenvalue weighted by atomic mass is 10.1. The van der Waals surface area contributed by atoms with Crippen molar-refractivity contribution in [1.82, 2.24) is 15.5 Å². The topological polar surface area (TPSA) is 102 Å². The standard InChI is InChI=1S/C23H23FN4O4S/c1-31-18-7-6-15(12-19(18)32-2)10-11-25-21(29)14-33-22-9-8-20(27-28-22)26-23(30)16-4-3-5-17(24)13-16/h3-9,12-13H,10-11,14H2,1-2H3,(H,25,29)(H,26,27,30). The summed E-state index contributed by atoms with van der Waals surface area (Å²) in [5.74, 6) is 0.586. The van der Waals surface area contributed by atoms with Gasteiger partial charge < -0.3 is 20.1 Å². The van der Waals surface area contributed by atoms with Crippen LogP contribution in [0.25, 0.3) is 0 Å². The molecule has 0 spiro atoms. The summed E-state index contributed by atoms with van der Waals surface area (Å²) in [4.78, 5) is 24.2. The minimum atomic E-state index is -0.498. The van der Waals surface area contributed by atoms with Gasteiger partial charge in [-0.3, -0.25) is 9.59 Å². The Morgan fingerprint density at radius 1 is 1.00 bits per heavy atom. The SMILES string of the molecule is COc1ccc(CCNC(=O)CSc2ccc(NC(=O)c3cccc(F)c3)nn2)cc1OC. The van der Waals surface area contributed by atoms with Gasteiger partial charge in [0.1, 0.15) is 10.8 Å². The Labute approximate surface area is 194 Å². The molecule has 0 aliphatic rings. The van der Waals surface area contributed by atoms with Crippen LogP contribution in [0.4, 0.5) is 10.2 Å². The lowest BCUT2D eigenvalue weighted by Gasteiger charge is -2.10. The van der Waals surface area contributed by atoms with Crippen LogP contribution in [0.2, 0.25) is 0 Å². The molecule has 172 valence electrons. The zero-order valence-electron chi connectivity index (χ0n) is 18.1. The molecule has 0 saturated heterocycles. The number of halogens is 1. The molecule has 10 heteroatoms. The van der Waals surface area contributed by atoms with E-state index in [1.807, 2.05) is 18.2 Å². The van der Waals surface area contributed by atoms with Crippen molar-refractivity contribution in [2.45, 2.75) is 11.4 Å². The zero-order chi connectivity index (χ0) is 23.6. The summed E-state index contributed by atoms with van der Waals surface area (Å²) in [5, 5.41) is 13.9. The second-order valence-electron chi connectivity index (χ2n) is 6.80. The fourth-order valence-corrected chi connectivity index (χ4v) is 3.50. The van der Waals surface area contributed by atoms with Crippen LogP contribution >= 0.6 is 11.8 Å². The van der Waals surface area contributed by atoms with E-state index in [2.05, 4.69) is 20.8 Å². The summed E-state index contributed by atoms with van der Waals surface area (Å²) >= 11 is 1.23. The lowest BCUT2D eigenvalue weighted by molar-refractivity contribution is -0.118. The first-order valence-corrected chi connectivity index (χ1v) is 11.0. The monoisotopic (exact) mass is 470 g/mol. The van der Waals surface area contributed by atoms with E-state index in [-0.39, 0.29) is 23.0 Å². The Kier molecular flexibility index (Phi) is 8.59. The van der Waals surface area contributed by atoms with Gasteiger partial charge in [-0.1, -0.05) is 23.9 Å². The Morgan fingerprint density at radius 3 is 2.52 bits per heavy atom. The third kappa shape index (κ3) is 7.18. The number of benzene rings is 2. The summed E-state index contributed by atoms with van der Waals surface area (Å²) in [6.07, 6.45) is 0.649. The van der Waals surface area contributed by atoms with Crippen molar-refractivity contribution in [3.63, 3.8) is 0 Å². The molecule has 3 rings (SSSR count). The van der Waals surface area contributed by atoms with E-state index in [1.54, 1.807) is 26.4 Å². The molecule has 0 atom stereocenters. The number of anilines is 1. The Morgan fingerprint density at radius 2 is 1.82 bits per heavy atom. The first-order chi connectivity index (χ1) is 16.0. The second-order valence-corrected chi connectivity index (χ2v) is 7.79. The van der Waals surface area contributed by atoms with E-state index in [1.165, 1.54) is 30.0 Å². The Hall–Kier alpha value is -3.66. The number of nitrogens with one attached hydrogen (secondary N) is 2. The van der Waals surface area contributed by atoms with E-state index in [9.17, 15) is 14.0 Å². The summed E-state index contributed by atoms with van der Waals surface area (Å²) in [5.41, 5.74) is 1.20. The van der Waals surface area contributed by atoms with Gasteiger partial charge in [0.15, 0.2) is 17.3 Å². The molecule has 0 saturated carbocycles. The summed E-state index contributed by atoms with van der Waals surface area (Å²) in [6.45, 7) is 0.478. The fraction of sp³-hybridized carbons (Fsp3) is 0.217. The number of carbonyl (C=O) groups excluding carboxylic acids is 2. The van der Waals surface area contributed by atoms with E-state index < -0.39 is 11.7 Å². The average Bonchev–Trinajstić information content (AvgIpc) is 2.83. The summed E-state index contributed by atoms with van der Waals surface area (Å²) in [6, 6.07) is 14.2. The maximum atomic E-state index is 13.2. The largest absolute Gasteiger partial charge is 0.493 e. The number of nitrogens with zero attached hydrogens (tertiary/aromatic N) is 2. The van der Waals surface area contributed by atoms with Gasteiger partial charge in [-0.2, -0.15) is 0 Å². The predicted molar refractivity (Wildman–Crippen MR) is 123 cm³/mol. The molecule has 0 radical (unpaired) electrons. The molecule has 1 heterocycles. The van der Waals surface area contributed by atoms with Gasteiger partial charge in [-0.25, -0.2) is 4.39 Å². The summed E-state index contributed by atoms with van der Waals surface area (Å²) in [7, 11) is 3.16. The van der Waals surface area contributed by atoms with Crippen molar-refractivity contribution in [3.8, 4) is 11.5 Å². The fourth-order valence-electron chi connectivity index (χ4n) is 2.85. The Bertz CT molecular complexity index is 1110. The second kappa shape index (κ2) is 11.8. The highest BCUT2D eigenvalue weighted by molar-refractivity contribution is 7.99.